The van der Waals surface area contributed by atoms with Gasteiger partial charge in [0.25, 0.3) is 5.91 Å². The van der Waals surface area contributed by atoms with Gasteiger partial charge in [-0.3, -0.25) is 9.69 Å². The van der Waals surface area contributed by atoms with E-state index in [1.165, 1.54) is 6.42 Å². The smallest absolute Gasteiger partial charge is 0.328 e. The van der Waals surface area contributed by atoms with E-state index in [-0.39, 0.29) is 35.7 Å². The summed E-state index contributed by atoms with van der Waals surface area (Å²) in [6.07, 6.45) is 5.73. The minimum Gasteiger partial charge on any atom is -0.508 e. The van der Waals surface area contributed by atoms with Crippen LogP contribution in [0.25, 0.3) is 0 Å². The van der Waals surface area contributed by atoms with Gasteiger partial charge < -0.3 is 10.0 Å². The molecule has 0 aromatic heterocycles. The lowest BCUT2D eigenvalue weighted by Gasteiger charge is -2.39. The molecule has 0 radical (unpaired) electrons. The van der Waals surface area contributed by atoms with E-state index in [1.807, 2.05) is 11.0 Å². The largest absolute Gasteiger partial charge is 0.508 e. The van der Waals surface area contributed by atoms with Crippen LogP contribution in [-0.4, -0.2) is 38.9 Å². The molecule has 25 heavy (non-hydrogen) atoms. The Kier molecular flexibility index (Phi) is 3.97. The van der Waals surface area contributed by atoms with E-state index in [9.17, 15) is 14.7 Å². The summed E-state index contributed by atoms with van der Waals surface area (Å²) in [6.45, 7) is 4.18. The molecule has 4 rings (SSSR count). The van der Waals surface area contributed by atoms with Crippen LogP contribution < -0.4 is 0 Å². The van der Waals surface area contributed by atoms with E-state index >= 15 is 0 Å². The number of fused-ring (bicyclic) bond motifs is 2. The Labute approximate surface area is 148 Å². The molecule has 3 amide bonds. The number of phenols is 1. The zero-order valence-electron chi connectivity index (χ0n) is 14.9. The molecule has 2 heterocycles. The average molecular weight is 342 g/mol. The summed E-state index contributed by atoms with van der Waals surface area (Å²) in [7, 11) is 0. The van der Waals surface area contributed by atoms with Gasteiger partial charge in [-0.1, -0.05) is 39.2 Å². The van der Waals surface area contributed by atoms with Gasteiger partial charge in [0, 0.05) is 12.5 Å². The molecule has 2 atom stereocenters. The van der Waals surface area contributed by atoms with Gasteiger partial charge >= 0.3 is 6.03 Å². The Balaban J connectivity index is 1.74. The first-order valence-corrected chi connectivity index (χ1v) is 9.46. The van der Waals surface area contributed by atoms with Crippen molar-refractivity contribution in [1.82, 2.24) is 9.80 Å². The Morgan fingerprint density at radius 1 is 1.12 bits per heavy atom. The van der Waals surface area contributed by atoms with Crippen molar-refractivity contribution in [3.63, 3.8) is 0 Å². The van der Waals surface area contributed by atoms with Crippen molar-refractivity contribution in [3.05, 3.63) is 29.3 Å². The number of urea groups is 1. The van der Waals surface area contributed by atoms with Crippen molar-refractivity contribution in [2.45, 2.75) is 70.5 Å². The van der Waals surface area contributed by atoms with E-state index in [2.05, 4.69) is 13.8 Å². The molecule has 2 unspecified atom stereocenters. The van der Waals surface area contributed by atoms with Crippen molar-refractivity contribution in [2.24, 2.45) is 5.92 Å². The molecule has 3 aliphatic rings. The maximum Gasteiger partial charge on any atom is 0.328 e. The Bertz CT molecular complexity index is 709. The lowest BCUT2D eigenvalue weighted by molar-refractivity contribution is -0.130. The number of hydrogen-bond acceptors (Lipinski definition) is 3. The second-order valence-corrected chi connectivity index (χ2v) is 7.98. The highest BCUT2D eigenvalue weighted by molar-refractivity contribution is 6.05. The second kappa shape index (κ2) is 6.04. The van der Waals surface area contributed by atoms with E-state index in [0.717, 1.165) is 36.8 Å². The van der Waals surface area contributed by atoms with Gasteiger partial charge in [-0.2, -0.15) is 0 Å². The monoisotopic (exact) mass is 342 g/mol. The maximum absolute atomic E-state index is 13.2. The fraction of sp³-hybridized carbons (Fsp3) is 0.600. The van der Waals surface area contributed by atoms with Crippen molar-refractivity contribution in [2.75, 3.05) is 0 Å². The van der Waals surface area contributed by atoms with Crippen LogP contribution >= 0.6 is 0 Å². The topological polar surface area (TPSA) is 60.9 Å². The van der Waals surface area contributed by atoms with Crippen LogP contribution in [-0.2, 0) is 11.2 Å². The molecule has 5 nitrogen and oxygen atoms in total. The second-order valence-electron chi connectivity index (χ2n) is 7.98. The van der Waals surface area contributed by atoms with Crippen molar-refractivity contribution < 1.29 is 14.7 Å². The number of hydrogen-bond donors (Lipinski definition) is 1. The van der Waals surface area contributed by atoms with Crippen LogP contribution in [0.5, 0.6) is 5.75 Å². The van der Waals surface area contributed by atoms with Crippen LogP contribution in [0.2, 0.25) is 0 Å². The number of rotatable bonds is 2. The van der Waals surface area contributed by atoms with Gasteiger partial charge in [-0.15, -0.1) is 0 Å². The Morgan fingerprint density at radius 2 is 1.84 bits per heavy atom. The molecular formula is C20H26N2O3. The fourth-order valence-electron chi connectivity index (χ4n) is 4.90. The predicted molar refractivity (Wildman–Crippen MR) is 94.1 cm³/mol. The van der Waals surface area contributed by atoms with Crippen molar-refractivity contribution >= 4 is 11.9 Å². The summed E-state index contributed by atoms with van der Waals surface area (Å²) in [4.78, 5) is 29.7. The summed E-state index contributed by atoms with van der Waals surface area (Å²) in [5.41, 5.74) is 2.06. The van der Waals surface area contributed by atoms with E-state index < -0.39 is 6.04 Å². The quantitative estimate of drug-likeness (QED) is 0.835. The molecule has 1 N–H and O–H groups in total. The van der Waals surface area contributed by atoms with Gasteiger partial charge in [0.15, 0.2) is 0 Å². The number of carbonyl (C=O) groups excluding carboxylic acids is 2. The molecule has 1 aromatic carbocycles. The van der Waals surface area contributed by atoms with E-state index in [4.69, 9.17) is 0 Å². The van der Waals surface area contributed by atoms with E-state index in [0.29, 0.717) is 6.42 Å². The first-order chi connectivity index (χ1) is 12.0. The molecule has 1 saturated heterocycles. The van der Waals surface area contributed by atoms with Gasteiger partial charge in [0.05, 0.1) is 6.04 Å². The summed E-state index contributed by atoms with van der Waals surface area (Å²) in [5.74, 6) is 0.376. The fourth-order valence-corrected chi connectivity index (χ4v) is 4.90. The number of amides is 3. The van der Waals surface area contributed by atoms with Crippen molar-refractivity contribution in [1.29, 1.82) is 0 Å². The van der Waals surface area contributed by atoms with Crippen LogP contribution in [0.1, 0.15) is 63.1 Å². The normalized spacial score (nSPS) is 27.0. The number of nitrogens with zero attached hydrogens (tertiary/aromatic N) is 2. The van der Waals surface area contributed by atoms with Gasteiger partial charge in [0.2, 0.25) is 0 Å². The number of imide groups is 1. The Hall–Kier alpha value is -2.04. The molecule has 0 bridgehead atoms. The molecule has 2 fully saturated rings. The number of aromatic hydroxyl groups is 1. The highest BCUT2D eigenvalue weighted by Crippen LogP contribution is 2.44. The zero-order valence-corrected chi connectivity index (χ0v) is 14.9. The lowest BCUT2D eigenvalue weighted by atomic mass is 9.83. The first kappa shape index (κ1) is 16.4. The van der Waals surface area contributed by atoms with Crippen LogP contribution in [0.15, 0.2) is 18.2 Å². The average Bonchev–Trinajstić information content (AvgIpc) is 2.84. The van der Waals surface area contributed by atoms with Gasteiger partial charge in [0.1, 0.15) is 11.8 Å². The molecule has 1 aromatic rings. The summed E-state index contributed by atoms with van der Waals surface area (Å²) >= 11 is 0. The third-order valence-electron chi connectivity index (χ3n) is 6.01. The van der Waals surface area contributed by atoms with E-state index in [1.54, 1.807) is 17.0 Å². The molecular weight excluding hydrogens is 316 g/mol. The van der Waals surface area contributed by atoms with Crippen molar-refractivity contribution in [3.8, 4) is 5.75 Å². The molecule has 134 valence electrons. The minimum absolute atomic E-state index is 0.0449. The van der Waals surface area contributed by atoms with Crippen LogP contribution in [0.3, 0.4) is 0 Å². The first-order valence-electron chi connectivity index (χ1n) is 9.46. The van der Waals surface area contributed by atoms with Gasteiger partial charge in [-0.05, 0) is 42.0 Å². The highest BCUT2D eigenvalue weighted by Gasteiger charge is 2.53. The number of phenolic OH excluding ortho intramolecular Hbond substituents is 1. The lowest BCUT2D eigenvalue weighted by Crippen LogP contribution is -2.45. The SMILES string of the molecule is CC(C)C1c2ccc(O)cc2CC2C(=O)N(C3CCCCC3)C(=O)N21. The summed E-state index contributed by atoms with van der Waals surface area (Å²) in [5, 5.41) is 9.85. The Morgan fingerprint density at radius 3 is 2.52 bits per heavy atom. The zero-order chi connectivity index (χ0) is 17.7. The maximum atomic E-state index is 13.2. The molecule has 1 saturated carbocycles. The van der Waals surface area contributed by atoms with Crippen LogP contribution in [0.4, 0.5) is 4.79 Å². The molecule has 2 aliphatic heterocycles. The number of benzene rings is 1. The van der Waals surface area contributed by atoms with Gasteiger partial charge in [-0.25, -0.2) is 4.79 Å². The third kappa shape index (κ3) is 2.52. The molecule has 0 spiro atoms. The molecule has 1 aliphatic carbocycles. The third-order valence-corrected chi connectivity index (χ3v) is 6.01. The predicted octanol–water partition coefficient (Wildman–Crippen LogP) is 3.61. The van der Waals surface area contributed by atoms with Crippen LogP contribution in [0, 0.1) is 5.92 Å². The summed E-state index contributed by atoms with van der Waals surface area (Å²) < 4.78 is 0. The number of carbonyl (C=O) groups is 2. The molecule has 5 heteroatoms. The minimum atomic E-state index is -0.420. The highest BCUT2D eigenvalue weighted by atomic mass is 16.3. The summed E-state index contributed by atoms with van der Waals surface area (Å²) in [6, 6.07) is 4.75. The standard InChI is InChI=1S/C20H26N2O3/c1-12(2)18-16-9-8-15(23)10-13(16)11-17-19(24)21(20(25)22(17)18)14-6-4-3-5-7-14/h8-10,12,14,17-18,23H,3-7,11H2,1-2H3.